The molecule has 4 aromatic rings. The zero-order valence-corrected chi connectivity index (χ0v) is 21.1. The fraction of sp³-hybridized carbons (Fsp3) is 0.258. The van der Waals surface area contributed by atoms with Crippen molar-refractivity contribution in [1.29, 1.82) is 0 Å². The van der Waals surface area contributed by atoms with Gasteiger partial charge < -0.3 is 18.8 Å². The predicted octanol–water partition coefficient (Wildman–Crippen LogP) is 6.96. The van der Waals surface area contributed by atoms with Gasteiger partial charge in [0.15, 0.2) is 0 Å². The fourth-order valence-corrected chi connectivity index (χ4v) is 3.97. The molecule has 0 bridgehead atoms. The number of fused-ring (bicyclic) bond motifs is 1. The number of esters is 1. The molecule has 5 heteroatoms. The van der Waals surface area contributed by atoms with Crippen molar-refractivity contribution < 1.29 is 19.0 Å². The van der Waals surface area contributed by atoms with Crippen molar-refractivity contribution in [2.24, 2.45) is 0 Å². The lowest BCUT2D eigenvalue weighted by atomic mass is 10.1. The maximum Gasteiger partial charge on any atom is 0.331 e. The number of carbonyl (C=O) groups is 1. The lowest BCUT2D eigenvalue weighted by Gasteiger charge is -2.25. The van der Waals surface area contributed by atoms with Gasteiger partial charge in [0.1, 0.15) is 17.0 Å². The standard InChI is InChI=1S/C31H33NO4/c1-4-34-30(33)31(2,3)32-20-19-26-23-28(17-18-29(26)32)36-22-8-21-35-27-15-13-25(14-16-27)12-11-24-9-6-5-7-10-24/h5-7,9-20,23H,4,8,21-22H2,1-3H3/b12-11+. The Morgan fingerprint density at radius 2 is 1.47 bits per heavy atom. The number of nitrogens with zero attached hydrogens (tertiary/aromatic N) is 1. The van der Waals surface area contributed by atoms with Gasteiger partial charge in [-0.15, -0.1) is 0 Å². The maximum absolute atomic E-state index is 12.4. The quantitative estimate of drug-likeness (QED) is 0.131. The summed E-state index contributed by atoms with van der Waals surface area (Å²) < 4.78 is 19.0. The van der Waals surface area contributed by atoms with E-state index < -0.39 is 5.54 Å². The Balaban J connectivity index is 1.24. The van der Waals surface area contributed by atoms with Crippen LogP contribution in [0.2, 0.25) is 0 Å². The fourth-order valence-electron chi connectivity index (χ4n) is 3.97. The maximum atomic E-state index is 12.4. The van der Waals surface area contributed by atoms with Gasteiger partial charge in [0, 0.05) is 23.5 Å². The number of hydrogen-bond acceptors (Lipinski definition) is 4. The minimum Gasteiger partial charge on any atom is -0.493 e. The number of benzene rings is 3. The zero-order valence-electron chi connectivity index (χ0n) is 21.1. The Morgan fingerprint density at radius 1 is 0.833 bits per heavy atom. The molecule has 0 atom stereocenters. The second-order valence-corrected chi connectivity index (χ2v) is 9.05. The van der Waals surface area contributed by atoms with Crippen molar-refractivity contribution in [1.82, 2.24) is 4.57 Å². The van der Waals surface area contributed by atoms with Crippen molar-refractivity contribution in [2.75, 3.05) is 19.8 Å². The summed E-state index contributed by atoms with van der Waals surface area (Å²) >= 11 is 0. The van der Waals surface area contributed by atoms with Gasteiger partial charge in [0.05, 0.1) is 19.8 Å². The lowest BCUT2D eigenvalue weighted by molar-refractivity contribution is -0.151. The summed E-state index contributed by atoms with van der Waals surface area (Å²) in [5.41, 5.74) is 2.48. The summed E-state index contributed by atoms with van der Waals surface area (Å²) in [6, 6.07) is 26.2. The molecule has 0 aliphatic rings. The van der Waals surface area contributed by atoms with Crippen LogP contribution >= 0.6 is 0 Å². The molecule has 0 fully saturated rings. The van der Waals surface area contributed by atoms with E-state index in [0.717, 1.165) is 34.4 Å². The van der Waals surface area contributed by atoms with Gasteiger partial charge in [0.2, 0.25) is 0 Å². The SMILES string of the molecule is CCOC(=O)C(C)(C)n1ccc2cc(OCCCOc3ccc(/C=C/c4ccccc4)cc3)ccc21. The topological polar surface area (TPSA) is 49.7 Å². The summed E-state index contributed by atoms with van der Waals surface area (Å²) in [7, 11) is 0. The average molecular weight is 484 g/mol. The molecule has 186 valence electrons. The molecule has 0 saturated heterocycles. The van der Waals surface area contributed by atoms with E-state index in [4.69, 9.17) is 14.2 Å². The molecule has 36 heavy (non-hydrogen) atoms. The van der Waals surface area contributed by atoms with E-state index in [1.54, 1.807) is 0 Å². The molecule has 0 aliphatic carbocycles. The monoisotopic (exact) mass is 483 g/mol. The van der Waals surface area contributed by atoms with Crippen LogP contribution in [0.4, 0.5) is 0 Å². The smallest absolute Gasteiger partial charge is 0.331 e. The average Bonchev–Trinajstić information content (AvgIpc) is 3.33. The zero-order chi connectivity index (χ0) is 25.4. The Kier molecular flexibility index (Phi) is 8.11. The van der Waals surface area contributed by atoms with Gasteiger partial charge in [-0.2, -0.15) is 0 Å². The molecular weight excluding hydrogens is 450 g/mol. The van der Waals surface area contributed by atoms with Crippen molar-refractivity contribution in [3.8, 4) is 11.5 Å². The highest BCUT2D eigenvalue weighted by atomic mass is 16.5. The van der Waals surface area contributed by atoms with Crippen LogP contribution in [0.3, 0.4) is 0 Å². The summed E-state index contributed by atoms with van der Waals surface area (Å²) in [5, 5.41) is 1.02. The molecule has 4 rings (SSSR count). The van der Waals surface area contributed by atoms with Crippen LogP contribution in [0.5, 0.6) is 11.5 Å². The second-order valence-electron chi connectivity index (χ2n) is 9.05. The number of hydrogen-bond donors (Lipinski definition) is 0. The van der Waals surface area contributed by atoms with Crippen molar-refractivity contribution in [3.05, 3.63) is 96.2 Å². The highest BCUT2D eigenvalue weighted by molar-refractivity contribution is 5.86. The molecule has 3 aromatic carbocycles. The Morgan fingerprint density at radius 3 is 2.17 bits per heavy atom. The van der Waals surface area contributed by atoms with E-state index in [1.165, 1.54) is 5.56 Å². The van der Waals surface area contributed by atoms with Crippen LogP contribution in [0.25, 0.3) is 23.1 Å². The van der Waals surface area contributed by atoms with Crippen LogP contribution in [0.15, 0.2) is 85.1 Å². The van der Waals surface area contributed by atoms with Gasteiger partial charge in [0.25, 0.3) is 0 Å². The summed E-state index contributed by atoms with van der Waals surface area (Å²) in [6.07, 6.45) is 6.88. The van der Waals surface area contributed by atoms with Crippen LogP contribution < -0.4 is 9.47 Å². The Labute approximate surface area is 212 Å². The van der Waals surface area contributed by atoms with E-state index in [-0.39, 0.29) is 5.97 Å². The van der Waals surface area contributed by atoms with Gasteiger partial charge in [-0.05, 0) is 68.3 Å². The van der Waals surface area contributed by atoms with Gasteiger partial charge in [-0.3, -0.25) is 0 Å². The van der Waals surface area contributed by atoms with E-state index in [9.17, 15) is 4.79 Å². The molecule has 0 spiro atoms. The first-order valence-corrected chi connectivity index (χ1v) is 12.3. The number of rotatable bonds is 11. The van der Waals surface area contributed by atoms with Crippen molar-refractivity contribution >= 4 is 29.0 Å². The van der Waals surface area contributed by atoms with Crippen LogP contribution in [-0.4, -0.2) is 30.4 Å². The molecular formula is C31H33NO4. The third-order valence-electron chi connectivity index (χ3n) is 6.01. The first-order valence-electron chi connectivity index (χ1n) is 12.3. The van der Waals surface area contributed by atoms with E-state index in [2.05, 4.69) is 36.4 Å². The third-order valence-corrected chi connectivity index (χ3v) is 6.01. The van der Waals surface area contributed by atoms with Crippen molar-refractivity contribution in [2.45, 2.75) is 32.7 Å². The van der Waals surface area contributed by atoms with Crippen LogP contribution in [-0.2, 0) is 15.1 Å². The van der Waals surface area contributed by atoms with Gasteiger partial charge in [-0.25, -0.2) is 4.79 Å². The van der Waals surface area contributed by atoms with Crippen LogP contribution in [0.1, 0.15) is 38.3 Å². The first kappa shape index (κ1) is 25.1. The molecule has 1 aromatic heterocycles. The minimum atomic E-state index is -0.784. The molecule has 0 unspecified atom stereocenters. The highest BCUT2D eigenvalue weighted by Gasteiger charge is 2.32. The lowest BCUT2D eigenvalue weighted by Crippen LogP contribution is -2.36. The number of ether oxygens (including phenoxy) is 3. The molecule has 5 nitrogen and oxygen atoms in total. The summed E-state index contributed by atoms with van der Waals surface area (Å²) in [4.78, 5) is 12.4. The molecule has 0 N–H and O–H groups in total. The molecule has 0 amide bonds. The third kappa shape index (κ3) is 6.16. The molecule has 0 aliphatic heterocycles. The van der Waals surface area contributed by atoms with Gasteiger partial charge >= 0.3 is 5.97 Å². The molecule has 0 saturated carbocycles. The van der Waals surface area contributed by atoms with Gasteiger partial charge in [-0.1, -0.05) is 54.6 Å². The predicted molar refractivity (Wildman–Crippen MR) is 145 cm³/mol. The van der Waals surface area contributed by atoms with Crippen molar-refractivity contribution in [3.63, 3.8) is 0 Å². The number of carbonyl (C=O) groups excluding carboxylic acids is 1. The normalized spacial score (nSPS) is 11.6. The second kappa shape index (κ2) is 11.6. The Hall–Kier alpha value is -3.99. The minimum absolute atomic E-state index is 0.249. The van der Waals surface area contributed by atoms with E-state index >= 15 is 0 Å². The van der Waals surface area contributed by atoms with E-state index in [1.807, 2.05) is 86.1 Å². The Bertz CT molecular complexity index is 1300. The highest BCUT2D eigenvalue weighted by Crippen LogP contribution is 2.28. The number of aromatic nitrogens is 1. The summed E-state index contributed by atoms with van der Waals surface area (Å²) in [6.45, 7) is 7.04. The largest absolute Gasteiger partial charge is 0.493 e. The first-order chi connectivity index (χ1) is 17.5. The summed E-state index contributed by atoms with van der Waals surface area (Å²) in [5.74, 6) is 1.39. The molecule has 1 heterocycles. The van der Waals surface area contributed by atoms with E-state index in [0.29, 0.717) is 19.8 Å². The molecule has 0 radical (unpaired) electrons. The van der Waals surface area contributed by atoms with Crippen LogP contribution in [0, 0.1) is 0 Å².